The van der Waals surface area contributed by atoms with Crippen molar-refractivity contribution in [1.82, 2.24) is 20.0 Å². The van der Waals surface area contributed by atoms with Crippen LogP contribution in [0.25, 0.3) is 0 Å². The first-order valence-electron chi connectivity index (χ1n) is 11.2. The van der Waals surface area contributed by atoms with Crippen molar-refractivity contribution in [3.05, 3.63) is 35.6 Å². The van der Waals surface area contributed by atoms with Gasteiger partial charge >= 0.3 is 0 Å². The van der Waals surface area contributed by atoms with E-state index in [1.54, 1.807) is 24.1 Å². The number of guanidine groups is 1. The van der Waals surface area contributed by atoms with Gasteiger partial charge in [0.05, 0.1) is 18.7 Å². The summed E-state index contributed by atoms with van der Waals surface area (Å²) in [7, 11) is 5.45. The fraction of sp³-hybridized carbons (Fsp3) is 0.652. The Morgan fingerprint density at radius 1 is 1.29 bits per heavy atom. The van der Waals surface area contributed by atoms with E-state index in [1.807, 2.05) is 21.0 Å². The van der Waals surface area contributed by atoms with Gasteiger partial charge in [0, 0.05) is 40.8 Å². The molecule has 0 spiro atoms. The van der Waals surface area contributed by atoms with Gasteiger partial charge in [-0.05, 0) is 50.4 Å². The Hall–Kier alpha value is -2.19. The Kier molecular flexibility index (Phi) is 8.26. The number of aliphatic imine (C=N–C) groups is 1. The van der Waals surface area contributed by atoms with Gasteiger partial charge in [0.15, 0.2) is 5.96 Å². The van der Waals surface area contributed by atoms with Gasteiger partial charge < -0.3 is 19.9 Å². The highest BCUT2D eigenvalue weighted by atomic mass is 19.1. The number of nitrogens with one attached hydrogen (secondary N) is 1. The molecule has 1 amide bonds. The zero-order chi connectivity index (χ0) is 22.4. The molecule has 8 heteroatoms. The van der Waals surface area contributed by atoms with E-state index in [9.17, 15) is 9.18 Å². The van der Waals surface area contributed by atoms with Crippen LogP contribution in [-0.4, -0.2) is 92.6 Å². The van der Waals surface area contributed by atoms with E-state index in [-0.39, 0.29) is 30.0 Å². The summed E-state index contributed by atoms with van der Waals surface area (Å²) in [5, 5.41) is 3.47. The van der Waals surface area contributed by atoms with E-state index in [2.05, 4.69) is 20.1 Å². The average molecular weight is 434 g/mol. The largest absolute Gasteiger partial charge is 0.367 e. The number of hydrogen-bond acceptors (Lipinski definition) is 4. The second kappa shape index (κ2) is 10.9. The van der Waals surface area contributed by atoms with Crippen molar-refractivity contribution in [3.63, 3.8) is 0 Å². The number of hydrogen-bond donors (Lipinski definition) is 1. The molecule has 2 saturated heterocycles. The Balaban J connectivity index is 1.50. The molecular weight excluding hydrogens is 397 g/mol. The number of morpholine rings is 1. The number of carbonyl (C=O) groups is 1. The van der Waals surface area contributed by atoms with Crippen molar-refractivity contribution in [2.75, 3.05) is 53.9 Å². The molecule has 172 valence electrons. The second-order valence-corrected chi connectivity index (χ2v) is 8.65. The molecule has 2 fully saturated rings. The third-order valence-electron chi connectivity index (χ3n) is 6.01. The number of rotatable bonds is 6. The van der Waals surface area contributed by atoms with Crippen LogP contribution in [0.1, 0.15) is 37.9 Å². The molecule has 0 radical (unpaired) electrons. The monoisotopic (exact) mass is 433 g/mol. The van der Waals surface area contributed by atoms with Crippen LogP contribution in [-0.2, 0) is 9.53 Å². The molecule has 2 heterocycles. The number of likely N-dealkylation sites (N-methyl/N-ethyl adjacent to an activating group) is 1. The lowest BCUT2D eigenvalue weighted by Gasteiger charge is -2.38. The zero-order valence-corrected chi connectivity index (χ0v) is 19.2. The van der Waals surface area contributed by atoms with Crippen LogP contribution >= 0.6 is 0 Å². The maximum absolute atomic E-state index is 13.3. The third kappa shape index (κ3) is 6.17. The maximum atomic E-state index is 13.3. The fourth-order valence-electron chi connectivity index (χ4n) is 4.47. The number of amides is 1. The van der Waals surface area contributed by atoms with Crippen LogP contribution in [0.4, 0.5) is 4.39 Å². The Bertz CT molecular complexity index is 755. The van der Waals surface area contributed by atoms with Gasteiger partial charge in [0.1, 0.15) is 11.9 Å². The first-order chi connectivity index (χ1) is 14.9. The number of likely N-dealkylation sites (tertiary alicyclic amines) is 1. The van der Waals surface area contributed by atoms with Crippen LogP contribution in [0.3, 0.4) is 0 Å². The summed E-state index contributed by atoms with van der Waals surface area (Å²) in [6, 6.07) is 6.54. The maximum Gasteiger partial charge on any atom is 0.239 e. The second-order valence-electron chi connectivity index (χ2n) is 8.65. The van der Waals surface area contributed by atoms with Gasteiger partial charge in [-0.2, -0.15) is 0 Å². The van der Waals surface area contributed by atoms with Crippen molar-refractivity contribution in [3.8, 4) is 0 Å². The molecule has 3 unspecified atom stereocenters. The summed E-state index contributed by atoms with van der Waals surface area (Å²) in [6.07, 6.45) is 2.89. The highest BCUT2D eigenvalue weighted by Gasteiger charge is 2.31. The Morgan fingerprint density at radius 2 is 2.03 bits per heavy atom. The van der Waals surface area contributed by atoms with Gasteiger partial charge in [-0.15, -0.1) is 0 Å². The molecule has 0 saturated carbocycles. The van der Waals surface area contributed by atoms with E-state index >= 15 is 0 Å². The summed E-state index contributed by atoms with van der Waals surface area (Å²) in [5.41, 5.74) is 0.971. The normalized spacial score (nSPS) is 25.0. The molecule has 31 heavy (non-hydrogen) atoms. The highest BCUT2D eigenvalue weighted by Crippen LogP contribution is 2.25. The minimum absolute atomic E-state index is 0.0193. The lowest BCUT2D eigenvalue weighted by molar-refractivity contribution is -0.133. The molecule has 0 aromatic heterocycles. The first-order valence-corrected chi connectivity index (χ1v) is 11.2. The van der Waals surface area contributed by atoms with Crippen molar-refractivity contribution in [2.24, 2.45) is 4.99 Å². The summed E-state index contributed by atoms with van der Waals surface area (Å²) in [6.45, 7) is 6.14. The van der Waals surface area contributed by atoms with E-state index in [4.69, 9.17) is 4.74 Å². The van der Waals surface area contributed by atoms with E-state index in [0.717, 1.165) is 57.0 Å². The summed E-state index contributed by atoms with van der Waals surface area (Å²) in [5.74, 6) is 0.814. The third-order valence-corrected chi connectivity index (χ3v) is 6.01. The molecule has 7 nitrogen and oxygen atoms in total. The quantitative estimate of drug-likeness (QED) is 0.423. The predicted octanol–water partition coefficient (Wildman–Crippen LogP) is 2.11. The topological polar surface area (TPSA) is 60.4 Å². The van der Waals surface area contributed by atoms with Crippen LogP contribution in [0.5, 0.6) is 0 Å². The van der Waals surface area contributed by atoms with Crippen molar-refractivity contribution < 1.29 is 13.9 Å². The lowest BCUT2D eigenvalue weighted by Crippen LogP contribution is -2.51. The van der Waals surface area contributed by atoms with Crippen LogP contribution < -0.4 is 5.32 Å². The lowest BCUT2D eigenvalue weighted by atomic mass is 10.1. The van der Waals surface area contributed by atoms with Gasteiger partial charge in [0.25, 0.3) is 0 Å². The highest BCUT2D eigenvalue weighted by molar-refractivity contribution is 5.81. The SMILES string of the molecule is CN=C(NCCCN1CCCC1C(=O)N(C)C)N1CC(C)OC(c2ccc(F)cc2)C1. The predicted molar refractivity (Wildman–Crippen MR) is 121 cm³/mol. The minimum atomic E-state index is -0.241. The summed E-state index contributed by atoms with van der Waals surface area (Å²) >= 11 is 0. The molecule has 1 aromatic carbocycles. The van der Waals surface area contributed by atoms with Gasteiger partial charge in [-0.3, -0.25) is 14.7 Å². The van der Waals surface area contributed by atoms with Crippen LogP contribution in [0.2, 0.25) is 0 Å². The summed E-state index contributed by atoms with van der Waals surface area (Å²) in [4.78, 5) is 23.0. The first kappa shape index (κ1) is 23.5. The van der Waals surface area contributed by atoms with E-state index in [1.165, 1.54) is 12.1 Å². The molecule has 3 atom stereocenters. The fourth-order valence-corrected chi connectivity index (χ4v) is 4.47. The number of benzene rings is 1. The molecule has 0 bridgehead atoms. The zero-order valence-electron chi connectivity index (χ0n) is 19.2. The number of carbonyl (C=O) groups excluding carboxylic acids is 1. The van der Waals surface area contributed by atoms with Gasteiger partial charge in [-0.25, -0.2) is 4.39 Å². The van der Waals surface area contributed by atoms with Gasteiger partial charge in [0.2, 0.25) is 5.91 Å². The molecular formula is C23H36FN5O2. The standard InChI is InChI=1S/C23H36FN5O2/c1-17-15-29(16-21(31-17)18-8-10-19(24)11-9-18)23(25-2)26-12-6-14-28-13-5-7-20(28)22(30)27(3)4/h8-11,17,20-21H,5-7,12-16H2,1-4H3,(H,25,26). The molecule has 1 N–H and O–H groups in total. The van der Waals surface area contributed by atoms with E-state index < -0.39 is 0 Å². The Morgan fingerprint density at radius 3 is 2.71 bits per heavy atom. The molecule has 3 rings (SSSR count). The molecule has 1 aromatic rings. The number of ether oxygens (including phenoxy) is 1. The Labute approximate surface area is 185 Å². The minimum Gasteiger partial charge on any atom is -0.367 e. The van der Waals surface area contributed by atoms with Crippen molar-refractivity contribution in [2.45, 2.75) is 44.4 Å². The van der Waals surface area contributed by atoms with E-state index in [0.29, 0.717) is 6.54 Å². The van der Waals surface area contributed by atoms with Crippen molar-refractivity contribution >= 4 is 11.9 Å². The summed E-state index contributed by atoms with van der Waals surface area (Å²) < 4.78 is 19.4. The molecule has 0 aliphatic carbocycles. The average Bonchev–Trinajstić information content (AvgIpc) is 3.21. The van der Waals surface area contributed by atoms with Crippen LogP contribution in [0.15, 0.2) is 29.3 Å². The van der Waals surface area contributed by atoms with Crippen molar-refractivity contribution in [1.29, 1.82) is 0 Å². The van der Waals surface area contributed by atoms with Crippen LogP contribution in [0, 0.1) is 5.82 Å². The smallest absolute Gasteiger partial charge is 0.239 e. The number of nitrogens with zero attached hydrogens (tertiary/aromatic N) is 4. The van der Waals surface area contributed by atoms with Gasteiger partial charge in [-0.1, -0.05) is 12.1 Å². The molecule has 2 aliphatic heterocycles. The number of halogens is 1. The molecule has 2 aliphatic rings.